The Labute approximate surface area is 138 Å². The molecule has 0 bridgehead atoms. The van der Waals surface area contributed by atoms with Crippen LogP contribution in [0.5, 0.6) is 0 Å². The zero-order chi connectivity index (χ0) is 17.4. The third kappa shape index (κ3) is 3.33. The standard InChI is InChI=1S/C16H11F6NS/c17-8-3-4-11(10(18)6-8)23-24-16-9(5-7-1-2-7)12(19)13(20)14(21)15(16)22/h3-4,6-7,23H,1-2,5H2. The van der Waals surface area contributed by atoms with Gasteiger partial charge in [-0.1, -0.05) is 0 Å². The van der Waals surface area contributed by atoms with Gasteiger partial charge in [-0.25, -0.2) is 26.3 Å². The lowest BCUT2D eigenvalue weighted by molar-refractivity contribution is 0.390. The SMILES string of the molecule is Fc1ccc(NSc2c(F)c(F)c(F)c(F)c2CC2CC2)c(F)c1. The molecule has 0 spiro atoms. The van der Waals surface area contributed by atoms with E-state index in [-0.39, 0.29) is 23.6 Å². The van der Waals surface area contributed by atoms with Gasteiger partial charge in [-0.05, 0) is 49.3 Å². The van der Waals surface area contributed by atoms with Crippen LogP contribution >= 0.6 is 11.9 Å². The number of anilines is 1. The van der Waals surface area contributed by atoms with Gasteiger partial charge in [0, 0.05) is 11.6 Å². The Balaban J connectivity index is 1.93. The van der Waals surface area contributed by atoms with Gasteiger partial charge < -0.3 is 4.72 Å². The molecule has 0 radical (unpaired) electrons. The molecule has 1 saturated carbocycles. The average molecular weight is 363 g/mol. The normalized spacial score (nSPS) is 14.1. The van der Waals surface area contributed by atoms with E-state index in [2.05, 4.69) is 4.72 Å². The van der Waals surface area contributed by atoms with Crippen LogP contribution < -0.4 is 4.72 Å². The van der Waals surface area contributed by atoms with Crippen molar-refractivity contribution in [3.63, 3.8) is 0 Å². The molecular formula is C16H11F6NS. The Kier molecular flexibility index (Phi) is 4.67. The second kappa shape index (κ2) is 6.58. The van der Waals surface area contributed by atoms with Gasteiger partial charge >= 0.3 is 0 Å². The van der Waals surface area contributed by atoms with Gasteiger partial charge in [-0.15, -0.1) is 0 Å². The van der Waals surface area contributed by atoms with Crippen molar-refractivity contribution >= 4 is 17.6 Å². The lowest BCUT2D eigenvalue weighted by Crippen LogP contribution is -2.07. The second-order valence-corrected chi connectivity index (χ2v) is 6.36. The molecular weight excluding hydrogens is 352 g/mol. The van der Waals surface area contributed by atoms with Crippen LogP contribution in [0, 0.1) is 40.8 Å². The first kappa shape index (κ1) is 17.0. The first-order valence-corrected chi connectivity index (χ1v) is 7.92. The van der Waals surface area contributed by atoms with Crippen LogP contribution in [0.4, 0.5) is 32.0 Å². The maximum Gasteiger partial charge on any atom is 0.198 e. The fourth-order valence-corrected chi connectivity index (χ4v) is 3.09. The summed E-state index contributed by atoms with van der Waals surface area (Å²) in [7, 11) is 0. The summed E-state index contributed by atoms with van der Waals surface area (Å²) in [5.41, 5.74) is -0.475. The first-order valence-electron chi connectivity index (χ1n) is 7.11. The van der Waals surface area contributed by atoms with Gasteiger partial charge in [-0.2, -0.15) is 0 Å². The summed E-state index contributed by atoms with van der Waals surface area (Å²) >= 11 is 0.419. The van der Waals surface area contributed by atoms with Crippen molar-refractivity contribution in [3.05, 3.63) is 58.7 Å². The Hall–Kier alpha value is -1.83. The molecule has 0 unspecified atom stereocenters. The molecule has 2 aromatic carbocycles. The fraction of sp³-hybridized carbons (Fsp3) is 0.250. The Morgan fingerprint density at radius 3 is 2.21 bits per heavy atom. The first-order chi connectivity index (χ1) is 11.4. The number of hydrogen-bond donors (Lipinski definition) is 1. The highest BCUT2D eigenvalue weighted by Crippen LogP contribution is 2.39. The maximum absolute atomic E-state index is 14.0. The molecule has 2 aromatic rings. The third-order valence-electron chi connectivity index (χ3n) is 3.70. The van der Waals surface area contributed by atoms with Crippen LogP contribution in [0.3, 0.4) is 0 Å². The molecule has 1 aliphatic rings. The number of rotatable bonds is 5. The minimum Gasteiger partial charge on any atom is -0.323 e. The molecule has 1 nitrogen and oxygen atoms in total. The zero-order valence-corrected chi connectivity index (χ0v) is 12.9. The van der Waals surface area contributed by atoms with E-state index >= 15 is 0 Å². The Morgan fingerprint density at radius 2 is 1.58 bits per heavy atom. The van der Waals surface area contributed by atoms with Crippen molar-refractivity contribution in [1.82, 2.24) is 0 Å². The largest absolute Gasteiger partial charge is 0.323 e. The van der Waals surface area contributed by atoms with Crippen molar-refractivity contribution in [2.75, 3.05) is 4.72 Å². The van der Waals surface area contributed by atoms with Gasteiger partial charge in [0.25, 0.3) is 0 Å². The van der Waals surface area contributed by atoms with Crippen molar-refractivity contribution in [2.24, 2.45) is 5.92 Å². The summed E-state index contributed by atoms with van der Waals surface area (Å²) in [6.07, 6.45) is 1.66. The summed E-state index contributed by atoms with van der Waals surface area (Å²) in [6, 6.07) is 2.64. The van der Waals surface area contributed by atoms with Crippen molar-refractivity contribution in [1.29, 1.82) is 0 Å². The van der Waals surface area contributed by atoms with Crippen LogP contribution in [0.1, 0.15) is 18.4 Å². The summed E-state index contributed by atoms with van der Waals surface area (Å²) in [6.45, 7) is 0. The number of halogens is 6. The van der Waals surface area contributed by atoms with Gasteiger partial charge in [-0.3, -0.25) is 0 Å². The minimum atomic E-state index is -1.92. The highest BCUT2D eigenvalue weighted by Gasteiger charge is 2.30. The smallest absolute Gasteiger partial charge is 0.198 e. The highest BCUT2D eigenvalue weighted by atomic mass is 32.2. The van der Waals surface area contributed by atoms with E-state index < -0.39 is 39.8 Å². The molecule has 3 rings (SSSR count). The van der Waals surface area contributed by atoms with E-state index in [9.17, 15) is 26.3 Å². The number of hydrogen-bond acceptors (Lipinski definition) is 2. The molecule has 0 saturated heterocycles. The summed E-state index contributed by atoms with van der Waals surface area (Å²) < 4.78 is 83.8. The lowest BCUT2D eigenvalue weighted by Gasteiger charge is -2.14. The number of nitrogens with one attached hydrogen (secondary N) is 1. The van der Waals surface area contributed by atoms with Gasteiger partial charge in [0.1, 0.15) is 11.6 Å². The predicted octanol–water partition coefficient (Wildman–Crippen LogP) is 5.59. The quantitative estimate of drug-likeness (QED) is 0.322. The van der Waals surface area contributed by atoms with E-state index in [4.69, 9.17) is 0 Å². The van der Waals surface area contributed by atoms with Crippen LogP contribution in [-0.4, -0.2) is 0 Å². The molecule has 1 aliphatic carbocycles. The second-order valence-electron chi connectivity index (χ2n) is 5.54. The average Bonchev–Trinajstić information content (AvgIpc) is 3.36. The Morgan fingerprint density at radius 1 is 0.917 bits per heavy atom. The highest BCUT2D eigenvalue weighted by molar-refractivity contribution is 8.00. The summed E-state index contributed by atoms with van der Waals surface area (Å²) in [5.74, 6) is -8.42. The van der Waals surface area contributed by atoms with Crippen LogP contribution in [0.2, 0.25) is 0 Å². The molecule has 0 aromatic heterocycles. The minimum absolute atomic E-state index is 0.0653. The molecule has 0 heterocycles. The fourth-order valence-electron chi connectivity index (χ4n) is 2.23. The van der Waals surface area contributed by atoms with Gasteiger partial charge in [0.05, 0.1) is 10.6 Å². The van der Waals surface area contributed by atoms with Crippen molar-refractivity contribution < 1.29 is 26.3 Å². The lowest BCUT2D eigenvalue weighted by atomic mass is 10.1. The predicted molar refractivity (Wildman–Crippen MR) is 78.5 cm³/mol. The molecule has 1 N–H and O–H groups in total. The van der Waals surface area contributed by atoms with E-state index in [0.29, 0.717) is 18.0 Å². The molecule has 128 valence electrons. The molecule has 1 fully saturated rings. The molecule has 0 aliphatic heterocycles. The van der Waals surface area contributed by atoms with E-state index in [1.165, 1.54) is 0 Å². The number of benzene rings is 2. The van der Waals surface area contributed by atoms with Crippen LogP contribution in [-0.2, 0) is 6.42 Å². The van der Waals surface area contributed by atoms with Crippen LogP contribution in [0.15, 0.2) is 23.1 Å². The van der Waals surface area contributed by atoms with Crippen molar-refractivity contribution in [3.8, 4) is 0 Å². The molecule has 0 atom stereocenters. The third-order valence-corrected chi connectivity index (χ3v) is 4.65. The molecule has 8 heteroatoms. The summed E-state index contributed by atoms with van der Waals surface area (Å²) in [4.78, 5) is -0.470. The van der Waals surface area contributed by atoms with E-state index in [1.807, 2.05) is 0 Å². The maximum atomic E-state index is 14.0. The van der Waals surface area contributed by atoms with Crippen molar-refractivity contribution in [2.45, 2.75) is 24.2 Å². The summed E-state index contributed by atoms with van der Waals surface area (Å²) in [5, 5.41) is 0. The van der Waals surface area contributed by atoms with E-state index in [1.54, 1.807) is 0 Å². The van der Waals surface area contributed by atoms with Crippen LogP contribution in [0.25, 0.3) is 0 Å². The Bertz CT molecular complexity index is 791. The molecule has 24 heavy (non-hydrogen) atoms. The van der Waals surface area contributed by atoms with Gasteiger partial charge in [0.2, 0.25) is 0 Å². The topological polar surface area (TPSA) is 12.0 Å². The zero-order valence-electron chi connectivity index (χ0n) is 12.1. The van der Waals surface area contributed by atoms with Gasteiger partial charge in [0.15, 0.2) is 23.3 Å². The van der Waals surface area contributed by atoms with E-state index in [0.717, 1.165) is 25.0 Å². The molecule has 0 amide bonds. The monoisotopic (exact) mass is 363 g/mol.